The van der Waals surface area contributed by atoms with E-state index in [9.17, 15) is 14.0 Å². The van der Waals surface area contributed by atoms with Gasteiger partial charge in [0, 0.05) is 24.8 Å². The van der Waals surface area contributed by atoms with Crippen molar-refractivity contribution in [1.82, 2.24) is 0 Å². The van der Waals surface area contributed by atoms with Gasteiger partial charge in [-0.25, -0.2) is 4.39 Å². The number of carbonyl (C=O) groups is 2. The van der Waals surface area contributed by atoms with Crippen molar-refractivity contribution in [1.29, 1.82) is 0 Å². The largest absolute Gasteiger partial charge is 0.314 e. The van der Waals surface area contributed by atoms with Crippen LogP contribution in [0.15, 0.2) is 54.6 Å². The molecule has 5 heteroatoms. The number of likely N-dealkylation sites (N-methyl/N-ethyl adjacent to an activating group) is 1. The second-order valence-corrected chi connectivity index (χ2v) is 5.53. The number of anilines is 2. The van der Waals surface area contributed by atoms with E-state index < -0.39 is 6.04 Å². The zero-order valence-corrected chi connectivity index (χ0v) is 12.8. The van der Waals surface area contributed by atoms with E-state index in [4.69, 9.17) is 0 Å². The number of para-hydroxylation sites is 1. The molecule has 1 heterocycles. The van der Waals surface area contributed by atoms with Crippen molar-refractivity contribution in [2.24, 2.45) is 0 Å². The molecule has 1 atom stereocenters. The van der Waals surface area contributed by atoms with Crippen molar-refractivity contribution in [3.05, 3.63) is 60.4 Å². The summed E-state index contributed by atoms with van der Waals surface area (Å²) in [7, 11) is 1.70. The highest BCUT2D eigenvalue weighted by Gasteiger charge is 2.38. The highest BCUT2D eigenvalue weighted by molar-refractivity contribution is 6.08. The van der Waals surface area contributed by atoms with Gasteiger partial charge in [-0.1, -0.05) is 18.2 Å². The number of hydrogen-bond donors (Lipinski definition) is 0. The summed E-state index contributed by atoms with van der Waals surface area (Å²) in [6.45, 7) is 0. The van der Waals surface area contributed by atoms with E-state index >= 15 is 0 Å². The van der Waals surface area contributed by atoms with Crippen molar-refractivity contribution in [2.45, 2.75) is 18.9 Å². The van der Waals surface area contributed by atoms with Crippen molar-refractivity contribution >= 4 is 23.2 Å². The van der Waals surface area contributed by atoms with E-state index in [2.05, 4.69) is 0 Å². The Morgan fingerprint density at radius 1 is 1.13 bits per heavy atom. The van der Waals surface area contributed by atoms with E-state index in [0.717, 1.165) is 5.69 Å². The average Bonchev–Trinajstić information content (AvgIpc) is 2.97. The minimum absolute atomic E-state index is 0.114. The maximum Gasteiger partial charge on any atom is 0.249 e. The molecule has 4 nitrogen and oxygen atoms in total. The third-order valence-electron chi connectivity index (χ3n) is 4.08. The predicted octanol–water partition coefficient (Wildman–Crippen LogP) is 2.98. The topological polar surface area (TPSA) is 40.6 Å². The molecule has 1 unspecified atom stereocenters. The molecule has 1 fully saturated rings. The number of halogens is 1. The maximum atomic E-state index is 13.1. The minimum Gasteiger partial charge on any atom is -0.314 e. The third kappa shape index (κ3) is 2.95. The van der Waals surface area contributed by atoms with Crippen LogP contribution in [0.25, 0.3) is 0 Å². The molecule has 2 aromatic carbocycles. The zero-order chi connectivity index (χ0) is 16.4. The van der Waals surface area contributed by atoms with Crippen molar-refractivity contribution < 1.29 is 14.0 Å². The molecule has 0 radical (unpaired) electrons. The van der Waals surface area contributed by atoms with Gasteiger partial charge in [-0.05, 0) is 42.8 Å². The summed E-state index contributed by atoms with van der Waals surface area (Å²) in [6, 6.07) is 14.4. The van der Waals surface area contributed by atoms with Crippen molar-refractivity contribution in [3.8, 4) is 0 Å². The fraction of sp³-hybridized carbons (Fsp3) is 0.222. The van der Waals surface area contributed by atoms with Crippen LogP contribution in [0.1, 0.15) is 12.8 Å². The monoisotopic (exact) mass is 312 g/mol. The van der Waals surface area contributed by atoms with Gasteiger partial charge < -0.3 is 4.90 Å². The van der Waals surface area contributed by atoms with E-state index in [-0.39, 0.29) is 17.6 Å². The molecular formula is C18H17FN2O2. The Bertz CT molecular complexity index is 716. The molecule has 118 valence electrons. The summed E-state index contributed by atoms with van der Waals surface area (Å²) >= 11 is 0. The first-order chi connectivity index (χ1) is 11.1. The fourth-order valence-electron chi connectivity index (χ4n) is 2.85. The van der Waals surface area contributed by atoms with E-state index in [1.165, 1.54) is 29.2 Å². The molecule has 1 aliphatic heterocycles. The minimum atomic E-state index is -0.557. The molecule has 0 spiro atoms. The Morgan fingerprint density at radius 3 is 2.43 bits per heavy atom. The third-order valence-corrected chi connectivity index (χ3v) is 4.08. The lowest BCUT2D eigenvalue weighted by molar-refractivity contribution is -0.121. The number of rotatable bonds is 3. The van der Waals surface area contributed by atoms with Gasteiger partial charge in [0.05, 0.1) is 0 Å². The van der Waals surface area contributed by atoms with Crippen LogP contribution in [-0.2, 0) is 9.59 Å². The first-order valence-electron chi connectivity index (χ1n) is 7.48. The maximum absolute atomic E-state index is 13.1. The van der Waals surface area contributed by atoms with Gasteiger partial charge in [0.15, 0.2) is 0 Å². The highest BCUT2D eigenvalue weighted by Crippen LogP contribution is 2.28. The van der Waals surface area contributed by atoms with Crippen LogP contribution in [0, 0.1) is 5.82 Å². The van der Waals surface area contributed by atoms with Gasteiger partial charge in [0.2, 0.25) is 11.8 Å². The van der Waals surface area contributed by atoms with Crippen LogP contribution in [0.3, 0.4) is 0 Å². The normalized spacial score (nSPS) is 17.4. The predicted molar refractivity (Wildman–Crippen MR) is 86.8 cm³/mol. The molecule has 1 saturated heterocycles. The van der Waals surface area contributed by atoms with Gasteiger partial charge in [-0.2, -0.15) is 0 Å². The smallest absolute Gasteiger partial charge is 0.249 e. The number of amides is 2. The number of carbonyl (C=O) groups excluding carboxylic acids is 2. The van der Waals surface area contributed by atoms with Crippen molar-refractivity contribution in [2.75, 3.05) is 16.8 Å². The lowest BCUT2D eigenvalue weighted by Gasteiger charge is -2.28. The van der Waals surface area contributed by atoms with Gasteiger partial charge in [-0.15, -0.1) is 0 Å². The molecule has 0 aromatic heterocycles. The summed E-state index contributed by atoms with van der Waals surface area (Å²) in [5, 5.41) is 0. The average molecular weight is 312 g/mol. The Morgan fingerprint density at radius 2 is 1.78 bits per heavy atom. The first-order valence-corrected chi connectivity index (χ1v) is 7.48. The number of hydrogen-bond acceptors (Lipinski definition) is 2. The standard InChI is InChI=1S/C18H17FN2O2/c1-20(14-5-3-2-4-6-14)18(23)16-11-12-17(22)21(16)15-9-7-13(19)8-10-15/h2-10,16H,11-12H2,1H3. The fourth-order valence-corrected chi connectivity index (χ4v) is 2.85. The number of nitrogens with zero attached hydrogens (tertiary/aromatic N) is 2. The van der Waals surface area contributed by atoms with Gasteiger partial charge in [0.25, 0.3) is 0 Å². The lowest BCUT2D eigenvalue weighted by Crippen LogP contribution is -2.45. The lowest BCUT2D eigenvalue weighted by atomic mass is 10.1. The SMILES string of the molecule is CN(C(=O)C1CCC(=O)N1c1ccc(F)cc1)c1ccccc1. The van der Waals surface area contributed by atoms with E-state index in [1.807, 2.05) is 30.3 Å². The molecule has 3 rings (SSSR count). The Labute approximate surface area is 134 Å². The molecule has 0 N–H and O–H groups in total. The molecule has 2 amide bonds. The zero-order valence-electron chi connectivity index (χ0n) is 12.8. The molecule has 0 saturated carbocycles. The highest BCUT2D eigenvalue weighted by atomic mass is 19.1. The van der Waals surface area contributed by atoms with Crippen LogP contribution in [0.4, 0.5) is 15.8 Å². The molecule has 2 aromatic rings. The number of benzene rings is 2. The molecule has 0 bridgehead atoms. The summed E-state index contributed by atoms with van der Waals surface area (Å²) < 4.78 is 13.1. The van der Waals surface area contributed by atoms with Crippen molar-refractivity contribution in [3.63, 3.8) is 0 Å². The van der Waals surface area contributed by atoms with E-state index in [1.54, 1.807) is 11.9 Å². The summed E-state index contributed by atoms with van der Waals surface area (Å²) in [4.78, 5) is 28.0. The molecule has 0 aliphatic carbocycles. The molecular weight excluding hydrogens is 295 g/mol. The van der Waals surface area contributed by atoms with E-state index in [0.29, 0.717) is 18.5 Å². The van der Waals surface area contributed by atoms with Crippen LogP contribution in [-0.4, -0.2) is 24.9 Å². The summed E-state index contributed by atoms with van der Waals surface area (Å²) in [5.74, 6) is -0.632. The van der Waals surface area contributed by atoms with Crippen LogP contribution >= 0.6 is 0 Å². The summed E-state index contributed by atoms with van der Waals surface area (Å²) in [6.07, 6.45) is 0.780. The Hall–Kier alpha value is -2.69. The quantitative estimate of drug-likeness (QED) is 0.874. The van der Waals surface area contributed by atoms with Gasteiger partial charge in [0.1, 0.15) is 11.9 Å². The Kier molecular flexibility index (Phi) is 4.10. The first kappa shape index (κ1) is 15.2. The van der Waals surface area contributed by atoms with Crippen LogP contribution in [0.2, 0.25) is 0 Å². The Balaban J connectivity index is 1.87. The van der Waals surface area contributed by atoms with Crippen LogP contribution in [0.5, 0.6) is 0 Å². The van der Waals surface area contributed by atoms with Gasteiger partial charge in [-0.3, -0.25) is 14.5 Å². The second kappa shape index (κ2) is 6.20. The van der Waals surface area contributed by atoms with Crippen LogP contribution < -0.4 is 9.80 Å². The molecule has 1 aliphatic rings. The second-order valence-electron chi connectivity index (χ2n) is 5.53. The van der Waals surface area contributed by atoms with Gasteiger partial charge >= 0.3 is 0 Å². The molecule has 23 heavy (non-hydrogen) atoms. The summed E-state index contributed by atoms with van der Waals surface area (Å²) in [5.41, 5.74) is 1.32.